The molecule has 0 aliphatic carbocycles. The summed E-state index contributed by atoms with van der Waals surface area (Å²) in [6, 6.07) is 9.61. The first-order valence-electron chi connectivity index (χ1n) is 7.86. The number of hydrogen-bond acceptors (Lipinski definition) is 2. The molecule has 2 N–H and O–H groups in total. The van der Waals surface area contributed by atoms with Crippen LogP contribution in [0.4, 0.5) is 0 Å². The second kappa shape index (κ2) is 7.66. The van der Waals surface area contributed by atoms with Crippen molar-refractivity contribution in [2.24, 2.45) is 5.73 Å². The first-order chi connectivity index (χ1) is 9.35. The number of benzene rings is 1. The lowest BCUT2D eigenvalue weighted by Gasteiger charge is -2.36. The summed E-state index contributed by atoms with van der Waals surface area (Å²) in [4.78, 5) is 2.70. The Labute approximate surface area is 118 Å². The van der Waals surface area contributed by atoms with Gasteiger partial charge in [-0.25, -0.2) is 0 Å². The smallest absolute Gasteiger partial charge is 0.0239 e. The minimum absolute atomic E-state index is 0.745. The van der Waals surface area contributed by atoms with E-state index in [-0.39, 0.29) is 0 Å². The average molecular weight is 260 g/mol. The van der Waals surface area contributed by atoms with Crippen molar-refractivity contribution in [3.05, 3.63) is 35.4 Å². The van der Waals surface area contributed by atoms with Crippen LogP contribution in [0.1, 0.15) is 50.2 Å². The van der Waals surface area contributed by atoms with Crippen molar-refractivity contribution in [2.45, 2.75) is 58.0 Å². The highest BCUT2D eigenvalue weighted by Crippen LogP contribution is 2.24. The Morgan fingerprint density at radius 1 is 1.21 bits per heavy atom. The molecule has 1 heterocycles. The third-order valence-corrected chi connectivity index (χ3v) is 4.28. The van der Waals surface area contributed by atoms with Crippen molar-refractivity contribution < 1.29 is 0 Å². The van der Waals surface area contributed by atoms with Crippen molar-refractivity contribution in [3.63, 3.8) is 0 Å². The maximum atomic E-state index is 5.72. The molecule has 1 aromatic carbocycles. The fourth-order valence-electron chi connectivity index (χ4n) is 3.26. The van der Waals surface area contributed by atoms with E-state index >= 15 is 0 Å². The molecule has 1 atom stereocenters. The lowest BCUT2D eigenvalue weighted by molar-refractivity contribution is 0.131. The van der Waals surface area contributed by atoms with Gasteiger partial charge in [-0.1, -0.05) is 44.0 Å². The number of nitrogens with zero attached hydrogens (tertiary/aromatic N) is 1. The quantitative estimate of drug-likeness (QED) is 0.850. The molecule has 106 valence electrons. The molecule has 1 saturated heterocycles. The van der Waals surface area contributed by atoms with Crippen LogP contribution >= 0.6 is 0 Å². The van der Waals surface area contributed by atoms with Gasteiger partial charge in [0, 0.05) is 12.6 Å². The van der Waals surface area contributed by atoms with Crippen LogP contribution < -0.4 is 5.73 Å². The highest BCUT2D eigenvalue weighted by molar-refractivity contribution is 5.27. The van der Waals surface area contributed by atoms with Crippen LogP contribution in [0.25, 0.3) is 0 Å². The number of rotatable bonds is 6. The van der Waals surface area contributed by atoms with Gasteiger partial charge in [0.1, 0.15) is 0 Å². The fraction of sp³-hybridized carbons (Fsp3) is 0.647. The van der Waals surface area contributed by atoms with Crippen LogP contribution in [0.3, 0.4) is 0 Å². The Morgan fingerprint density at radius 2 is 2.00 bits per heavy atom. The zero-order valence-electron chi connectivity index (χ0n) is 12.3. The zero-order chi connectivity index (χ0) is 13.5. The van der Waals surface area contributed by atoms with Crippen LogP contribution in [0, 0.1) is 0 Å². The van der Waals surface area contributed by atoms with Crippen LogP contribution in [0.5, 0.6) is 0 Å². The van der Waals surface area contributed by atoms with Crippen LogP contribution in [0.2, 0.25) is 0 Å². The summed E-state index contributed by atoms with van der Waals surface area (Å²) in [5, 5.41) is 0. The summed E-state index contributed by atoms with van der Waals surface area (Å²) < 4.78 is 0. The standard InChI is InChI=1S/C17H28N2/c1-2-7-17-10-5-6-13-19(17)14-16-9-4-3-8-15(16)11-12-18/h3-4,8-9,17H,2,5-7,10-14,18H2,1H3. The molecule has 0 amide bonds. The van der Waals surface area contributed by atoms with Gasteiger partial charge in [-0.15, -0.1) is 0 Å². The maximum absolute atomic E-state index is 5.72. The third-order valence-electron chi connectivity index (χ3n) is 4.28. The summed E-state index contributed by atoms with van der Waals surface area (Å²) in [6.07, 6.45) is 7.80. The van der Waals surface area contributed by atoms with Crippen LogP contribution in [0.15, 0.2) is 24.3 Å². The Kier molecular flexibility index (Phi) is 5.87. The van der Waals surface area contributed by atoms with Gasteiger partial charge >= 0.3 is 0 Å². The molecule has 1 aliphatic heterocycles. The molecule has 0 spiro atoms. The minimum Gasteiger partial charge on any atom is -0.330 e. The summed E-state index contributed by atoms with van der Waals surface area (Å²) in [6.45, 7) is 5.42. The highest BCUT2D eigenvalue weighted by atomic mass is 15.2. The molecule has 0 radical (unpaired) electrons. The van der Waals surface area contributed by atoms with Crippen molar-refractivity contribution in [3.8, 4) is 0 Å². The molecule has 1 fully saturated rings. The van der Waals surface area contributed by atoms with Gasteiger partial charge in [0.15, 0.2) is 0 Å². The molecule has 2 heteroatoms. The normalized spacial score (nSPS) is 20.6. The van der Waals surface area contributed by atoms with E-state index in [0.29, 0.717) is 0 Å². The topological polar surface area (TPSA) is 29.3 Å². The van der Waals surface area contributed by atoms with Crippen molar-refractivity contribution in [1.29, 1.82) is 0 Å². The molecule has 2 nitrogen and oxygen atoms in total. The second-order valence-electron chi connectivity index (χ2n) is 5.72. The van der Waals surface area contributed by atoms with E-state index in [1.165, 1.54) is 49.8 Å². The van der Waals surface area contributed by atoms with Gasteiger partial charge in [0.05, 0.1) is 0 Å². The highest BCUT2D eigenvalue weighted by Gasteiger charge is 2.21. The Bertz CT molecular complexity index is 373. The first-order valence-corrected chi connectivity index (χ1v) is 7.86. The van der Waals surface area contributed by atoms with Crippen LogP contribution in [-0.2, 0) is 13.0 Å². The number of likely N-dealkylation sites (tertiary alicyclic amines) is 1. The molecule has 1 aromatic rings. The van der Waals surface area contributed by atoms with E-state index in [9.17, 15) is 0 Å². The lowest BCUT2D eigenvalue weighted by atomic mass is 9.96. The van der Waals surface area contributed by atoms with Crippen molar-refractivity contribution in [1.82, 2.24) is 4.90 Å². The molecule has 0 bridgehead atoms. The number of hydrogen-bond donors (Lipinski definition) is 1. The molecular weight excluding hydrogens is 232 g/mol. The van der Waals surface area contributed by atoms with E-state index in [1.54, 1.807) is 0 Å². The van der Waals surface area contributed by atoms with E-state index in [4.69, 9.17) is 5.73 Å². The average Bonchev–Trinajstić information content (AvgIpc) is 2.44. The van der Waals surface area contributed by atoms with E-state index in [0.717, 1.165) is 25.6 Å². The molecule has 2 rings (SSSR count). The number of piperidine rings is 1. The van der Waals surface area contributed by atoms with Crippen molar-refractivity contribution in [2.75, 3.05) is 13.1 Å². The van der Waals surface area contributed by atoms with E-state index < -0.39 is 0 Å². The molecule has 19 heavy (non-hydrogen) atoms. The molecule has 1 aliphatic rings. The molecule has 0 saturated carbocycles. The predicted molar refractivity (Wildman–Crippen MR) is 82.2 cm³/mol. The van der Waals surface area contributed by atoms with E-state index in [2.05, 4.69) is 36.1 Å². The minimum atomic E-state index is 0.745. The fourth-order valence-corrected chi connectivity index (χ4v) is 3.26. The van der Waals surface area contributed by atoms with Gasteiger partial charge < -0.3 is 5.73 Å². The monoisotopic (exact) mass is 260 g/mol. The van der Waals surface area contributed by atoms with Gasteiger partial charge in [-0.05, 0) is 49.9 Å². The molecule has 1 unspecified atom stereocenters. The van der Waals surface area contributed by atoms with Crippen molar-refractivity contribution >= 4 is 0 Å². The summed E-state index contributed by atoms with van der Waals surface area (Å²) in [7, 11) is 0. The zero-order valence-corrected chi connectivity index (χ0v) is 12.3. The van der Waals surface area contributed by atoms with E-state index in [1.807, 2.05) is 0 Å². The third kappa shape index (κ3) is 4.05. The molecule has 0 aromatic heterocycles. The largest absolute Gasteiger partial charge is 0.330 e. The predicted octanol–water partition coefficient (Wildman–Crippen LogP) is 3.34. The maximum Gasteiger partial charge on any atom is 0.0239 e. The van der Waals surface area contributed by atoms with Crippen LogP contribution in [-0.4, -0.2) is 24.0 Å². The number of nitrogens with two attached hydrogens (primary N) is 1. The van der Waals surface area contributed by atoms with Gasteiger partial charge in [-0.2, -0.15) is 0 Å². The summed E-state index contributed by atoms with van der Waals surface area (Å²) in [5.41, 5.74) is 8.64. The first kappa shape index (κ1) is 14.5. The van der Waals surface area contributed by atoms with Gasteiger partial charge in [0.25, 0.3) is 0 Å². The SMILES string of the molecule is CCCC1CCCCN1Cc1ccccc1CCN. The second-order valence-corrected chi connectivity index (χ2v) is 5.72. The lowest BCUT2D eigenvalue weighted by Crippen LogP contribution is -2.39. The summed E-state index contributed by atoms with van der Waals surface area (Å²) >= 11 is 0. The Hall–Kier alpha value is -0.860. The van der Waals surface area contributed by atoms with Gasteiger partial charge in [-0.3, -0.25) is 4.90 Å². The Balaban J connectivity index is 2.05. The van der Waals surface area contributed by atoms with Gasteiger partial charge in [0.2, 0.25) is 0 Å². The summed E-state index contributed by atoms with van der Waals surface area (Å²) in [5.74, 6) is 0. The molecular formula is C17H28N2. The Morgan fingerprint density at radius 3 is 2.74 bits per heavy atom.